The molecule has 1 saturated heterocycles. The van der Waals surface area contributed by atoms with E-state index < -0.39 is 24.6 Å². The van der Waals surface area contributed by atoms with Crippen LogP contribution in [0.4, 0.5) is 16.4 Å². The number of anilines is 2. The number of hydrogen-bond acceptors (Lipinski definition) is 8. The number of cyclic esters (lactones) is 1. The van der Waals surface area contributed by atoms with Crippen LogP contribution < -0.4 is 5.32 Å². The Bertz CT molecular complexity index is 1070. The van der Waals surface area contributed by atoms with E-state index in [0.717, 1.165) is 10.4 Å². The van der Waals surface area contributed by atoms with Gasteiger partial charge < -0.3 is 15.2 Å². The molecule has 2 N–H and O–H groups in total. The zero-order valence-electron chi connectivity index (χ0n) is 15.4. The van der Waals surface area contributed by atoms with Crippen molar-refractivity contribution in [2.75, 3.05) is 18.5 Å². The lowest BCUT2D eigenvalue weighted by Gasteiger charge is -2.16. The van der Waals surface area contributed by atoms with Crippen molar-refractivity contribution in [3.05, 3.63) is 53.3 Å². The van der Waals surface area contributed by atoms with Crippen LogP contribution in [0.1, 0.15) is 16.6 Å². The van der Waals surface area contributed by atoms with Gasteiger partial charge in [0.05, 0.1) is 10.6 Å². The molecule has 9 nitrogen and oxygen atoms in total. The number of carboxylic acids is 1. The molecule has 0 radical (unpaired) electrons. The normalized spacial score (nSPS) is 16.0. The minimum Gasteiger partial charge on any atom is -0.480 e. The van der Waals surface area contributed by atoms with E-state index in [1.165, 1.54) is 16.2 Å². The van der Waals surface area contributed by atoms with Crippen molar-refractivity contribution in [3.8, 4) is 10.6 Å². The molecular weight excluding hydrogens is 394 g/mol. The minimum atomic E-state index is -1.10. The highest BCUT2D eigenvalue weighted by Gasteiger charge is 2.37. The van der Waals surface area contributed by atoms with Crippen LogP contribution in [0.25, 0.3) is 10.6 Å². The average Bonchev–Trinajstić information content (AvgIpc) is 3.29. The van der Waals surface area contributed by atoms with E-state index in [0.29, 0.717) is 22.3 Å². The monoisotopic (exact) mass is 411 g/mol. The third-order valence-corrected chi connectivity index (χ3v) is 5.38. The van der Waals surface area contributed by atoms with E-state index in [4.69, 9.17) is 9.84 Å². The van der Waals surface area contributed by atoms with Crippen LogP contribution >= 0.6 is 11.3 Å². The Morgan fingerprint density at radius 3 is 3.00 bits per heavy atom. The highest BCUT2D eigenvalue weighted by molar-refractivity contribution is 7.15. The van der Waals surface area contributed by atoms with Gasteiger partial charge >= 0.3 is 12.1 Å². The predicted octanol–water partition coefficient (Wildman–Crippen LogP) is 3.23. The fourth-order valence-electron chi connectivity index (χ4n) is 2.91. The lowest BCUT2D eigenvalue weighted by atomic mass is 10.3. The summed E-state index contributed by atoms with van der Waals surface area (Å²) in [6, 6.07) is 8.89. The van der Waals surface area contributed by atoms with Gasteiger partial charge in [-0.3, -0.25) is 9.69 Å². The molecule has 29 heavy (non-hydrogen) atoms. The molecule has 3 aromatic rings. The fraction of sp³-hybridized carbons (Fsp3) is 0.211. The number of rotatable bonds is 6. The number of amides is 1. The number of carboxylic acid groups (broad SMARTS) is 1. The number of aryl methyl sites for hydroxylation is 1. The molecule has 0 aromatic carbocycles. The number of hydrogen-bond donors (Lipinski definition) is 2. The average molecular weight is 411 g/mol. The molecule has 1 atom stereocenters. The molecule has 0 aliphatic carbocycles. The Morgan fingerprint density at radius 1 is 1.34 bits per heavy atom. The first-order valence-corrected chi connectivity index (χ1v) is 9.59. The van der Waals surface area contributed by atoms with Gasteiger partial charge in [-0.25, -0.2) is 19.7 Å². The molecule has 3 aromatic heterocycles. The Balaban J connectivity index is 1.55. The van der Waals surface area contributed by atoms with Crippen LogP contribution in [0.2, 0.25) is 0 Å². The van der Waals surface area contributed by atoms with E-state index in [1.54, 1.807) is 12.4 Å². The number of thiazole rings is 1. The van der Waals surface area contributed by atoms with Gasteiger partial charge in [0.15, 0.2) is 0 Å². The van der Waals surface area contributed by atoms with Crippen LogP contribution in [-0.2, 0) is 9.53 Å². The molecule has 148 valence electrons. The molecule has 0 spiro atoms. The van der Waals surface area contributed by atoms with Gasteiger partial charge in [-0.2, -0.15) is 0 Å². The van der Waals surface area contributed by atoms with Gasteiger partial charge in [-0.1, -0.05) is 6.07 Å². The largest absolute Gasteiger partial charge is 0.480 e. The van der Waals surface area contributed by atoms with Crippen molar-refractivity contribution in [1.82, 2.24) is 19.9 Å². The Hall–Kier alpha value is -3.53. The molecular formula is C19H17N5O4S. The highest BCUT2D eigenvalue weighted by atomic mass is 32.1. The van der Waals surface area contributed by atoms with E-state index in [9.17, 15) is 9.59 Å². The number of pyridine rings is 2. The highest BCUT2D eigenvalue weighted by Crippen LogP contribution is 2.34. The summed E-state index contributed by atoms with van der Waals surface area (Å²) in [5.74, 6) is 0.240. The van der Waals surface area contributed by atoms with Gasteiger partial charge in [-0.15, -0.1) is 11.3 Å². The molecule has 4 heterocycles. The Morgan fingerprint density at radius 2 is 2.21 bits per heavy atom. The number of nitrogens with zero attached hydrogens (tertiary/aromatic N) is 4. The quantitative estimate of drug-likeness (QED) is 0.635. The lowest BCUT2D eigenvalue weighted by Crippen LogP contribution is -2.32. The van der Waals surface area contributed by atoms with Crippen LogP contribution in [0.5, 0.6) is 0 Å². The van der Waals surface area contributed by atoms with Crippen molar-refractivity contribution in [2.45, 2.75) is 13.0 Å². The number of aliphatic carboxylic acids is 1. The molecule has 0 saturated carbocycles. The molecule has 4 rings (SSSR count). The van der Waals surface area contributed by atoms with Crippen LogP contribution in [-0.4, -0.2) is 50.2 Å². The minimum absolute atomic E-state index is 0.0765. The first-order valence-electron chi connectivity index (χ1n) is 8.77. The van der Waals surface area contributed by atoms with Crippen molar-refractivity contribution in [2.24, 2.45) is 0 Å². The van der Waals surface area contributed by atoms with E-state index in [1.807, 2.05) is 37.3 Å². The molecule has 1 amide bonds. The van der Waals surface area contributed by atoms with Gasteiger partial charge in [0.2, 0.25) is 0 Å². The maximum atomic E-state index is 11.8. The molecule has 1 aliphatic rings. The molecule has 10 heteroatoms. The summed E-state index contributed by atoms with van der Waals surface area (Å²) in [7, 11) is 0. The number of nitrogens with one attached hydrogen (secondary N) is 1. The second-order valence-corrected chi connectivity index (χ2v) is 7.49. The lowest BCUT2D eigenvalue weighted by molar-refractivity contribution is -0.137. The summed E-state index contributed by atoms with van der Waals surface area (Å²) in [5.41, 5.74) is 1.80. The van der Waals surface area contributed by atoms with Crippen molar-refractivity contribution < 1.29 is 19.4 Å². The Kier molecular flexibility index (Phi) is 5.09. The summed E-state index contributed by atoms with van der Waals surface area (Å²) < 4.78 is 5.00. The predicted molar refractivity (Wildman–Crippen MR) is 106 cm³/mol. The van der Waals surface area contributed by atoms with Crippen molar-refractivity contribution in [3.63, 3.8) is 0 Å². The Labute approximate surface area is 170 Å². The summed E-state index contributed by atoms with van der Waals surface area (Å²) in [5, 5.41) is 12.8. The van der Waals surface area contributed by atoms with Crippen molar-refractivity contribution >= 4 is 35.0 Å². The van der Waals surface area contributed by atoms with E-state index in [-0.39, 0.29) is 6.61 Å². The number of carbonyl (C=O) groups excluding carboxylic acids is 1. The zero-order chi connectivity index (χ0) is 20.4. The third-order valence-electron chi connectivity index (χ3n) is 4.26. The summed E-state index contributed by atoms with van der Waals surface area (Å²) >= 11 is 1.35. The summed E-state index contributed by atoms with van der Waals surface area (Å²) in [6.07, 6.45) is 2.74. The van der Waals surface area contributed by atoms with Crippen molar-refractivity contribution in [1.29, 1.82) is 0 Å². The van der Waals surface area contributed by atoms with E-state index in [2.05, 4.69) is 20.3 Å². The first-order chi connectivity index (χ1) is 14.0. The second kappa shape index (κ2) is 7.84. The molecule has 1 unspecified atom stereocenters. The topological polar surface area (TPSA) is 118 Å². The van der Waals surface area contributed by atoms with Gasteiger partial charge in [0.25, 0.3) is 0 Å². The van der Waals surface area contributed by atoms with Gasteiger partial charge in [-0.05, 0) is 36.8 Å². The maximum Gasteiger partial charge on any atom is 0.411 e. The van der Waals surface area contributed by atoms with Crippen LogP contribution in [0.3, 0.4) is 0 Å². The van der Waals surface area contributed by atoms with Crippen LogP contribution in [0.15, 0.2) is 42.7 Å². The number of ether oxygens (including phenoxy) is 1. The van der Waals surface area contributed by atoms with E-state index >= 15 is 0 Å². The molecule has 1 fully saturated rings. The first kappa shape index (κ1) is 18.8. The molecule has 0 bridgehead atoms. The smallest absolute Gasteiger partial charge is 0.411 e. The third kappa shape index (κ3) is 4.16. The summed E-state index contributed by atoms with van der Waals surface area (Å²) in [6.45, 7) is 1.63. The summed E-state index contributed by atoms with van der Waals surface area (Å²) in [4.78, 5) is 38.0. The zero-order valence-corrected chi connectivity index (χ0v) is 16.2. The van der Waals surface area contributed by atoms with Crippen LogP contribution in [0, 0.1) is 6.92 Å². The van der Waals surface area contributed by atoms with Gasteiger partial charge in [0.1, 0.15) is 35.8 Å². The molecule has 1 aliphatic heterocycles. The maximum absolute atomic E-state index is 11.8. The van der Waals surface area contributed by atoms with Gasteiger partial charge in [0, 0.05) is 12.4 Å². The standard InChI is InChI=1S/C19H17N5O4S/c1-11-5-6-20-16(7-11)23-15-4-2-3-12(22-15)14-8-21-18(29-14)13-10-28-19(27)24(13)9-17(25)26/h2-8,13H,9-10H2,1H3,(H,25,26)(H,20,22,23). The second-order valence-electron chi connectivity index (χ2n) is 6.43. The fourth-order valence-corrected chi connectivity index (χ4v) is 3.90. The number of carbonyl (C=O) groups is 2. The number of aromatic nitrogens is 3. The SMILES string of the molecule is Cc1ccnc(Nc2cccc(-c3cnc(C4COC(=O)N4CC(=O)O)s3)n2)c1.